The van der Waals surface area contributed by atoms with Crippen LogP contribution < -0.4 is 4.90 Å². The maximum Gasteiger partial charge on any atom is 0.326 e. The summed E-state index contributed by atoms with van der Waals surface area (Å²) in [6.45, 7) is 7.16. The molecule has 1 aliphatic rings. The fourth-order valence-electron chi connectivity index (χ4n) is 3.78. The molecule has 3 unspecified atom stereocenters. The van der Waals surface area contributed by atoms with Gasteiger partial charge in [0.25, 0.3) is 0 Å². The minimum Gasteiger partial charge on any atom is -0.480 e. The van der Waals surface area contributed by atoms with Gasteiger partial charge < -0.3 is 10.0 Å². The molecule has 1 aromatic rings. The zero-order valence-corrected chi connectivity index (χ0v) is 14.0. The van der Waals surface area contributed by atoms with E-state index in [1.807, 2.05) is 44.2 Å². The van der Waals surface area contributed by atoms with Gasteiger partial charge >= 0.3 is 5.97 Å². The second kappa shape index (κ2) is 7.66. The topological polar surface area (TPSA) is 40.5 Å². The third-order valence-corrected chi connectivity index (χ3v) is 4.81. The molecule has 0 heterocycles. The van der Waals surface area contributed by atoms with Crippen molar-refractivity contribution in [2.45, 2.75) is 52.5 Å². The van der Waals surface area contributed by atoms with Crippen molar-refractivity contribution in [1.29, 1.82) is 0 Å². The van der Waals surface area contributed by atoms with Gasteiger partial charge in [-0.05, 0) is 42.7 Å². The number of aliphatic carboxylic acids is 1. The van der Waals surface area contributed by atoms with Gasteiger partial charge in [0, 0.05) is 12.2 Å². The Morgan fingerprint density at radius 1 is 1.27 bits per heavy atom. The van der Waals surface area contributed by atoms with E-state index in [1.54, 1.807) is 0 Å². The summed E-state index contributed by atoms with van der Waals surface area (Å²) in [6, 6.07) is 9.57. The maximum absolute atomic E-state index is 11.8. The molecule has 0 bridgehead atoms. The van der Waals surface area contributed by atoms with Crippen molar-refractivity contribution < 1.29 is 9.90 Å². The van der Waals surface area contributed by atoms with Crippen molar-refractivity contribution >= 4 is 11.7 Å². The van der Waals surface area contributed by atoms with Gasteiger partial charge in [0.15, 0.2) is 0 Å². The predicted octanol–water partition coefficient (Wildman–Crippen LogP) is 4.43. The minimum absolute atomic E-state index is 0.0821. The van der Waals surface area contributed by atoms with E-state index >= 15 is 0 Å². The minimum atomic E-state index is -0.720. The van der Waals surface area contributed by atoms with Gasteiger partial charge in [-0.25, -0.2) is 4.79 Å². The Bertz CT molecular complexity index is 472. The Kier molecular flexibility index (Phi) is 5.87. The lowest BCUT2D eigenvalue weighted by Gasteiger charge is -2.38. The number of carboxylic acids is 1. The summed E-state index contributed by atoms with van der Waals surface area (Å²) in [4.78, 5) is 13.9. The van der Waals surface area contributed by atoms with Gasteiger partial charge in [0.05, 0.1) is 0 Å². The van der Waals surface area contributed by atoms with Gasteiger partial charge in [-0.1, -0.05) is 51.8 Å². The summed E-state index contributed by atoms with van der Waals surface area (Å²) in [5.74, 6) is 0.727. The maximum atomic E-state index is 11.8. The highest BCUT2D eigenvalue weighted by atomic mass is 16.4. The summed E-state index contributed by atoms with van der Waals surface area (Å²) in [5.41, 5.74) is 1.03. The van der Waals surface area contributed by atoms with Gasteiger partial charge in [-0.2, -0.15) is 0 Å². The van der Waals surface area contributed by atoms with Crippen LogP contribution in [-0.2, 0) is 4.79 Å². The lowest BCUT2D eigenvalue weighted by Crippen LogP contribution is -2.47. The molecule has 0 amide bonds. The first-order valence-electron chi connectivity index (χ1n) is 8.53. The van der Waals surface area contributed by atoms with E-state index in [9.17, 15) is 9.90 Å². The van der Waals surface area contributed by atoms with Crippen LogP contribution in [0.4, 0.5) is 5.69 Å². The molecule has 0 radical (unpaired) electrons. The molecule has 0 saturated heterocycles. The Labute approximate surface area is 134 Å². The van der Waals surface area contributed by atoms with Gasteiger partial charge in [-0.15, -0.1) is 0 Å². The van der Waals surface area contributed by atoms with Crippen LogP contribution in [0.5, 0.6) is 0 Å². The Morgan fingerprint density at radius 2 is 1.95 bits per heavy atom. The van der Waals surface area contributed by atoms with Gasteiger partial charge in [-0.3, -0.25) is 0 Å². The number of nitrogens with zero attached hydrogens (tertiary/aromatic N) is 1. The predicted molar refractivity (Wildman–Crippen MR) is 91.2 cm³/mol. The van der Waals surface area contributed by atoms with E-state index in [2.05, 4.69) is 11.8 Å². The monoisotopic (exact) mass is 303 g/mol. The molecule has 3 atom stereocenters. The van der Waals surface area contributed by atoms with Crippen LogP contribution in [-0.4, -0.2) is 23.7 Å². The smallest absolute Gasteiger partial charge is 0.326 e. The van der Waals surface area contributed by atoms with Crippen molar-refractivity contribution in [2.24, 2.45) is 17.8 Å². The Hall–Kier alpha value is -1.51. The molecule has 0 aromatic heterocycles. The number of anilines is 1. The molecular weight excluding hydrogens is 274 g/mol. The van der Waals surface area contributed by atoms with Crippen molar-refractivity contribution in [2.75, 3.05) is 11.4 Å². The molecule has 3 nitrogen and oxygen atoms in total. The molecule has 3 heteroatoms. The molecule has 0 spiro atoms. The SMILES string of the molecule is CC1CCCC(CN(c2ccccc2)C(C(=O)O)C(C)C)C1. The van der Waals surface area contributed by atoms with Crippen molar-refractivity contribution in [3.8, 4) is 0 Å². The highest BCUT2D eigenvalue weighted by molar-refractivity contribution is 5.78. The van der Waals surface area contributed by atoms with E-state index in [1.165, 1.54) is 25.7 Å². The van der Waals surface area contributed by atoms with Crippen LogP contribution in [0.15, 0.2) is 30.3 Å². The Balaban J connectivity index is 2.23. The lowest BCUT2D eigenvalue weighted by molar-refractivity contribution is -0.139. The zero-order chi connectivity index (χ0) is 16.1. The molecule has 1 aromatic carbocycles. The molecule has 1 aliphatic carbocycles. The van der Waals surface area contributed by atoms with Crippen LogP contribution >= 0.6 is 0 Å². The third kappa shape index (κ3) is 4.25. The summed E-state index contributed by atoms with van der Waals surface area (Å²) in [7, 11) is 0. The first-order chi connectivity index (χ1) is 10.5. The number of benzene rings is 1. The molecule has 1 saturated carbocycles. The highest BCUT2D eigenvalue weighted by Crippen LogP contribution is 2.32. The lowest BCUT2D eigenvalue weighted by atomic mass is 9.81. The third-order valence-electron chi connectivity index (χ3n) is 4.81. The van der Waals surface area contributed by atoms with Crippen molar-refractivity contribution in [3.63, 3.8) is 0 Å². The average Bonchev–Trinajstić information content (AvgIpc) is 2.47. The van der Waals surface area contributed by atoms with Crippen LogP contribution in [0, 0.1) is 17.8 Å². The number of para-hydroxylation sites is 1. The first kappa shape index (κ1) is 16.9. The second-order valence-corrected chi connectivity index (χ2v) is 7.15. The molecule has 0 aliphatic heterocycles. The highest BCUT2D eigenvalue weighted by Gasteiger charge is 2.31. The van der Waals surface area contributed by atoms with Crippen molar-refractivity contribution in [1.82, 2.24) is 0 Å². The van der Waals surface area contributed by atoms with Crippen LogP contribution in [0.1, 0.15) is 46.5 Å². The average molecular weight is 303 g/mol. The molecule has 22 heavy (non-hydrogen) atoms. The molecule has 1 fully saturated rings. The second-order valence-electron chi connectivity index (χ2n) is 7.15. The van der Waals surface area contributed by atoms with Gasteiger partial charge in [0.1, 0.15) is 6.04 Å². The first-order valence-corrected chi connectivity index (χ1v) is 8.53. The van der Waals surface area contributed by atoms with E-state index in [0.717, 1.165) is 18.2 Å². The summed E-state index contributed by atoms with van der Waals surface area (Å²) in [5, 5.41) is 9.72. The summed E-state index contributed by atoms with van der Waals surface area (Å²) < 4.78 is 0. The standard InChI is InChI=1S/C19H29NO2/c1-14(2)18(19(21)22)20(17-10-5-4-6-11-17)13-16-9-7-8-15(3)12-16/h4-6,10-11,14-16,18H,7-9,12-13H2,1-3H3,(H,21,22). The zero-order valence-electron chi connectivity index (χ0n) is 14.0. The van der Waals surface area contributed by atoms with Crippen LogP contribution in [0.25, 0.3) is 0 Å². The van der Waals surface area contributed by atoms with E-state index in [4.69, 9.17) is 0 Å². The van der Waals surface area contributed by atoms with Crippen LogP contribution in [0.3, 0.4) is 0 Å². The van der Waals surface area contributed by atoms with E-state index in [-0.39, 0.29) is 5.92 Å². The quantitative estimate of drug-likeness (QED) is 0.845. The van der Waals surface area contributed by atoms with E-state index < -0.39 is 12.0 Å². The summed E-state index contributed by atoms with van der Waals surface area (Å²) in [6.07, 6.45) is 5.02. The molecule has 1 N–H and O–H groups in total. The van der Waals surface area contributed by atoms with E-state index in [0.29, 0.717) is 5.92 Å². The molecule has 2 rings (SSSR count). The summed E-state index contributed by atoms with van der Waals surface area (Å²) >= 11 is 0. The van der Waals surface area contributed by atoms with Gasteiger partial charge in [0.2, 0.25) is 0 Å². The number of hydrogen-bond donors (Lipinski definition) is 1. The number of carbonyl (C=O) groups is 1. The molecular formula is C19H29NO2. The largest absolute Gasteiger partial charge is 0.480 e. The Morgan fingerprint density at radius 3 is 2.50 bits per heavy atom. The number of hydrogen-bond acceptors (Lipinski definition) is 2. The van der Waals surface area contributed by atoms with Crippen LogP contribution in [0.2, 0.25) is 0 Å². The fraction of sp³-hybridized carbons (Fsp3) is 0.632. The number of carboxylic acid groups (broad SMARTS) is 1. The van der Waals surface area contributed by atoms with Crippen molar-refractivity contribution in [3.05, 3.63) is 30.3 Å². The normalized spacial score (nSPS) is 23.3. The fourth-order valence-corrected chi connectivity index (χ4v) is 3.78. The number of rotatable bonds is 6. The molecule has 122 valence electrons.